The average molecular weight is 343 g/mol. The number of anilines is 1. The minimum absolute atomic E-state index is 0.0268. The van der Waals surface area contributed by atoms with Gasteiger partial charge in [0.05, 0.1) is 18.3 Å². The number of aromatic nitrogens is 5. The van der Waals surface area contributed by atoms with Gasteiger partial charge in [-0.1, -0.05) is 0 Å². The standard InChI is InChI=1S/C17H25N7O/c1-17(2,3)24-15(21-12-22-24)11-20-16(25)13-4-8-23(9-5-13)14-10-18-6-7-19-14/h6-7,10,12-13H,4-5,8-9,11H2,1-3H3,(H,20,25). The molecule has 0 aliphatic carbocycles. The second-order valence-electron chi connectivity index (χ2n) is 7.30. The van der Waals surface area contributed by atoms with E-state index < -0.39 is 0 Å². The molecular weight excluding hydrogens is 318 g/mol. The molecule has 1 aliphatic heterocycles. The number of carbonyl (C=O) groups is 1. The number of carbonyl (C=O) groups excluding carboxylic acids is 1. The zero-order valence-electron chi connectivity index (χ0n) is 15.0. The van der Waals surface area contributed by atoms with Crippen LogP contribution in [0.25, 0.3) is 0 Å². The fourth-order valence-corrected chi connectivity index (χ4v) is 3.08. The third kappa shape index (κ3) is 4.12. The summed E-state index contributed by atoms with van der Waals surface area (Å²) < 4.78 is 1.85. The van der Waals surface area contributed by atoms with Crippen LogP contribution in [0.4, 0.5) is 5.82 Å². The van der Waals surface area contributed by atoms with Gasteiger partial charge in [-0.25, -0.2) is 14.6 Å². The highest BCUT2D eigenvalue weighted by Gasteiger charge is 2.26. The van der Waals surface area contributed by atoms with Crippen molar-refractivity contribution in [1.29, 1.82) is 0 Å². The monoisotopic (exact) mass is 343 g/mol. The van der Waals surface area contributed by atoms with E-state index in [1.165, 1.54) is 6.33 Å². The molecular formula is C17H25N7O. The summed E-state index contributed by atoms with van der Waals surface area (Å²) in [5.74, 6) is 1.76. The molecule has 3 rings (SSSR count). The summed E-state index contributed by atoms with van der Waals surface area (Å²) in [4.78, 5) is 27.3. The Morgan fingerprint density at radius 2 is 2.00 bits per heavy atom. The third-order valence-corrected chi connectivity index (χ3v) is 4.41. The first-order chi connectivity index (χ1) is 11.9. The van der Waals surface area contributed by atoms with E-state index in [1.807, 2.05) is 4.68 Å². The van der Waals surface area contributed by atoms with Crippen molar-refractivity contribution in [2.45, 2.75) is 45.7 Å². The maximum absolute atomic E-state index is 12.5. The molecule has 2 aromatic rings. The molecule has 0 spiro atoms. The Morgan fingerprint density at radius 3 is 2.64 bits per heavy atom. The second-order valence-corrected chi connectivity index (χ2v) is 7.30. The second kappa shape index (κ2) is 7.16. The molecule has 1 fully saturated rings. The van der Waals surface area contributed by atoms with E-state index >= 15 is 0 Å². The summed E-state index contributed by atoms with van der Waals surface area (Å²) in [5, 5.41) is 7.27. The number of hydrogen-bond acceptors (Lipinski definition) is 6. The van der Waals surface area contributed by atoms with Crippen LogP contribution in [0.3, 0.4) is 0 Å². The minimum Gasteiger partial charge on any atom is -0.355 e. The van der Waals surface area contributed by atoms with E-state index in [0.717, 1.165) is 37.6 Å². The molecule has 1 aliphatic rings. The lowest BCUT2D eigenvalue weighted by molar-refractivity contribution is -0.125. The first-order valence-corrected chi connectivity index (χ1v) is 8.63. The summed E-state index contributed by atoms with van der Waals surface area (Å²) in [6.45, 7) is 8.23. The topological polar surface area (TPSA) is 88.8 Å². The van der Waals surface area contributed by atoms with Crippen molar-refractivity contribution in [3.05, 3.63) is 30.7 Å². The van der Waals surface area contributed by atoms with E-state index in [0.29, 0.717) is 6.54 Å². The van der Waals surface area contributed by atoms with Crippen LogP contribution in [0.5, 0.6) is 0 Å². The van der Waals surface area contributed by atoms with Crippen LogP contribution in [0.2, 0.25) is 0 Å². The Balaban J connectivity index is 1.51. The van der Waals surface area contributed by atoms with E-state index in [1.54, 1.807) is 18.6 Å². The highest BCUT2D eigenvalue weighted by atomic mass is 16.1. The Bertz CT molecular complexity index is 699. The smallest absolute Gasteiger partial charge is 0.223 e. The fourth-order valence-electron chi connectivity index (χ4n) is 3.08. The van der Waals surface area contributed by atoms with Crippen molar-refractivity contribution in [2.75, 3.05) is 18.0 Å². The minimum atomic E-state index is -0.154. The van der Waals surface area contributed by atoms with Crippen molar-refractivity contribution in [3.8, 4) is 0 Å². The Morgan fingerprint density at radius 1 is 1.24 bits per heavy atom. The number of nitrogens with one attached hydrogen (secondary N) is 1. The molecule has 1 saturated heterocycles. The van der Waals surface area contributed by atoms with Crippen molar-refractivity contribution in [3.63, 3.8) is 0 Å². The summed E-state index contributed by atoms with van der Waals surface area (Å²) in [6, 6.07) is 0. The predicted octanol–water partition coefficient (Wildman–Crippen LogP) is 1.36. The van der Waals surface area contributed by atoms with Gasteiger partial charge in [0.2, 0.25) is 5.91 Å². The van der Waals surface area contributed by atoms with Crippen molar-refractivity contribution in [1.82, 2.24) is 30.0 Å². The van der Waals surface area contributed by atoms with Gasteiger partial charge in [-0.2, -0.15) is 5.10 Å². The van der Waals surface area contributed by atoms with Crippen LogP contribution in [-0.4, -0.2) is 43.7 Å². The van der Waals surface area contributed by atoms with Gasteiger partial charge in [0, 0.05) is 31.4 Å². The molecule has 0 bridgehead atoms. The highest BCUT2D eigenvalue weighted by molar-refractivity contribution is 5.78. The van der Waals surface area contributed by atoms with Gasteiger partial charge >= 0.3 is 0 Å². The molecule has 0 saturated carbocycles. The molecule has 3 heterocycles. The fraction of sp³-hybridized carbons (Fsp3) is 0.588. The number of piperidine rings is 1. The normalized spacial score (nSPS) is 16.0. The number of amides is 1. The van der Waals surface area contributed by atoms with Gasteiger partial charge in [-0.3, -0.25) is 9.78 Å². The lowest BCUT2D eigenvalue weighted by Crippen LogP contribution is -2.41. The van der Waals surface area contributed by atoms with Crippen LogP contribution in [-0.2, 0) is 16.9 Å². The maximum Gasteiger partial charge on any atom is 0.223 e. The van der Waals surface area contributed by atoms with Gasteiger partial charge in [0.25, 0.3) is 0 Å². The number of nitrogens with zero attached hydrogens (tertiary/aromatic N) is 6. The van der Waals surface area contributed by atoms with Crippen LogP contribution >= 0.6 is 0 Å². The summed E-state index contributed by atoms with van der Waals surface area (Å²) in [6.07, 6.45) is 8.29. The Labute approximate surface area is 147 Å². The third-order valence-electron chi connectivity index (χ3n) is 4.41. The summed E-state index contributed by atoms with van der Waals surface area (Å²) >= 11 is 0. The highest BCUT2D eigenvalue weighted by Crippen LogP contribution is 2.21. The summed E-state index contributed by atoms with van der Waals surface area (Å²) in [7, 11) is 0. The molecule has 8 heteroatoms. The molecule has 0 atom stereocenters. The molecule has 25 heavy (non-hydrogen) atoms. The zero-order valence-corrected chi connectivity index (χ0v) is 15.0. The van der Waals surface area contributed by atoms with E-state index in [2.05, 4.69) is 51.0 Å². The van der Waals surface area contributed by atoms with E-state index in [-0.39, 0.29) is 17.4 Å². The molecule has 0 radical (unpaired) electrons. The first-order valence-electron chi connectivity index (χ1n) is 8.63. The number of hydrogen-bond donors (Lipinski definition) is 1. The Hall–Kier alpha value is -2.51. The van der Waals surface area contributed by atoms with Gasteiger partial charge < -0.3 is 10.2 Å². The summed E-state index contributed by atoms with van der Waals surface area (Å²) in [5.41, 5.74) is -0.154. The van der Waals surface area contributed by atoms with Gasteiger partial charge in [0.1, 0.15) is 18.0 Å². The van der Waals surface area contributed by atoms with Gasteiger partial charge in [-0.15, -0.1) is 0 Å². The van der Waals surface area contributed by atoms with Crippen LogP contribution in [0.15, 0.2) is 24.9 Å². The SMILES string of the molecule is CC(C)(C)n1ncnc1CNC(=O)C1CCN(c2cnccn2)CC1. The van der Waals surface area contributed by atoms with Crippen LogP contribution in [0, 0.1) is 5.92 Å². The molecule has 1 N–H and O–H groups in total. The molecule has 8 nitrogen and oxygen atoms in total. The number of rotatable bonds is 4. The molecule has 1 amide bonds. The average Bonchev–Trinajstić information content (AvgIpc) is 3.10. The quantitative estimate of drug-likeness (QED) is 0.901. The zero-order chi connectivity index (χ0) is 17.9. The Kier molecular flexibility index (Phi) is 4.96. The van der Waals surface area contributed by atoms with Crippen molar-refractivity contribution >= 4 is 11.7 Å². The molecule has 134 valence electrons. The van der Waals surface area contributed by atoms with Gasteiger partial charge in [0.15, 0.2) is 0 Å². The maximum atomic E-state index is 12.5. The van der Waals surface area contributed by atoms with Crippen LogP contribution in [0.1, 0.15) is 39.4 Å². The van der Waals surface area contributed by atoms with E-state index in [9.17, 15) is 4.79 Å². The van der Waals surface area contributed by atoms with Crippen molar-refractivity contribution in [2.24, 2.45) is 5.92 Å². The molecule has 0 aromatic carbocycles. The van der Waals surface area contributed by atoms with Crippen LogP contribution < -0.4 is 10.2 Å². The largest absolute Gasteiger partial charge is 0.355 e. The molecule has 0 unspecified atom stereocenters. The van der Waals surface area contributed by atoms with Crippen molar-refractivity contribution < 1.29 is 4.79 Å². The van der Waals surface area contributed by atoms with E-state index in [4.69, 9.17) is 0 Å². The first kappa shape index (κ1) is 17.3. The molecule has 2 aromatic heterocycles. The predicted molar refractivity (Wildman–Crippen MR) is 93.8 cm³/mol. The van der Waals surface area contributed by atoms with Gasteiger partial charge in [-0.05, 0) is 33.6 Å². The lowest BCUT2D eigenvalue weighted by Gasteiger charge is -2.31. The lowest BCUT2D eigenvalue weighted by atomic mass is 9.96.